The van der Waals surface area contributed by atoms with Crippen LogP contribution in [0.5, 0.6) is 0 Å². The summed E-state index contributed by atoms with van der Waals surface area (Å²) in [4.78, 5) is 14.1. The molecule has 1 heterocycles. The molecule has 3 rings (SSSR count). The summed E-state index contributed by atoms with van der Waals surface area (Å²) in [6, 6.07) is 11.8. The van der Waals surface area contributed by atoms with Crippen LogP contribution >= 0.6 is 11.6 Å². The van der Waals surface area contributed by atoms with Gasteiger partial charge in [0.15, 0.2) is 0 Å². The molecular formula is C17H17ClN2O. The molecule has 1 amide bonds. The molecule has 0 bridgehead atoms. The van der Waals surface area contributed by atoms with Crippen molar-refractivity contribution in [2.75, 3.05) is 16.8 Å². The molecule has 3 nitrogen and oxygen atoms in total. The molecule has 0 fully saturated rings. The molecule has 1 aliphatic heterocycles. The molecule has 2 aromatic rings. The maximum absolute atomic E-state index is 12.3. The van der Waals surface area contributed by atoms with E-state index in [1.54, 1.807) is 0 Å². The average Bonchev–Trinajstić information content (AvgIpc) is 2.46. The topological polar surface area (TPSA) is 32.3 Å². The Morgan fingerprint density at radius 2 is 1.81 bits per heavy atom. The summed E-state index contributed by atoms with van der Waals surface area (Å²) in [5.41, 5.74) is 5.45. The minimum atomic E-state index is 0.0840. The van der Waals surface area contributed by atoms with E-state index in [1.165, 1.54) is 11.1 Å². The summed E-state index contributed by atoms with van der Waals surface area (Å²) >= 11 is 5.91. The minimum absolute atomic E-state index is 0.0840. The zero-order chi connectivity index (χ0) is 15.0. The Hall–Kier alpha value is -2.00. The Morgan fingerprint density at radius 3 is 2.52 bits per heavy atom. The number of nitrogens with zero attached hydrogens (tertiary/aromatic N) is 1. The Morgan fingerprint density at radius 1 is 1.14 bits per heavy atom. The van der Waals surface area contributed by atoms with Gasteiger partial charge in [-0.25, -0.2) is 0 Å². The van der Waals surface area contributed by atoms with Crippen LogP contribution in [0.25, 0.3) is 0 Å². The second-order valence-electron chi connectivity index (χ2n) is 5.41. The van der Waals surface area contributed by atoms with E-state index < -0.39 is 0 Å². The number of fused-ring (bicyclic) bond motifs is 1. The van der Waals surface area contributed by atoms with E-state index in [0.717, 1.165) is 16.9 Å². The fraction of sp³-hybridized carbons (Fsp3) is 0.235. The molecule has 0 saturated heterocycles. The molecular weight excluding hydrogens is 284 g/mol. The lowest BCUT2D eigenvalue weighted by Gasteiger charge is -2.31. The number of halogens is 1. The molecule has 0 unspecified atom stereocenters. The van der Waals surface area contributed by atoms with Crippen molar-refractivity contribution in [2.45, 2.75) is 20.4 Å². The number of anilines is 2. The van der Waals surface area contributed by atoms with Gasteiger partial charge in [-0.15, -0.1) is 0 Å². The summed E-state index contributed by atoms with van der Waals surface area (Å²) in [6.45, 7) is 5.04. The number of carbonyl (C=O) groups excluding carboxylic acids is 1. The number of rotatable bonds is 2. The molecule has 0 aromatic heterocycles. The third-order valence-corrected chi connectivity index (χ3v) is 4.14. The van der Waals surface area contributed by atoms with Gasteiger partial charge in [0.05, 0.1) is 24.5 Å². The van der Waals surface area contributed by atoms with Crippen LogP contribution in [0, 0.1) is 13.8 Å². The van der Waals surface area contributed by atoms with Gasteiger partial charge in [-0.05, 0) is 54.8 Å². The fourth-order valence-corrected chi connectivity index (χ4v) is 2.64. The Balaban J connectivity index is 1.97. The number of nitrogens with one attached hydrogen (secondary N) is 1. The number of aryl methyl sites for hydroxylation is 2. The second-order valence-corrected chi connectivity index (χ2v) is 5.85. The second kappa shape index (κ2) is 5.41. The van der Waals surface area contributed by atoms with Crippen LogP contribution in [-0.4, -0.2) is 12.5 Å². The van der Waals surface area contributed by atoms with Gasteiger partial charge < -0.3 is 10.2 Å². The molecule has 108 valence electrons. The standard InChI is InChI=1S/C17H17ClN2O/c1-11-7-15-16(8-12(11)2)20(17(21)9-19-15)10-13-3-5-14(18)6-4-13/h3-8,19H,9-10H2,1-2H3. The van der Waals surface area contributed by atoms with Crippen LogP contribution in [0.2, 0.25) is 5.02 Å². The maximum atomic E-state index is 12.3. The molecule has 0 aliphatic carbocycles. The number of hydrogen-bond acceptors (Lipinski definition) is 2. The molecule has 2 aromatic carbocycles. The van der Waals surface area contributed by atoms with Crippen LogP contribution in [0.4, 0.5) is 11.4 Å². The van der Waals surface area contributed by atoms with Gasteiger partial charge >= 0.3 is 0 Å². The Kier molecular flexibility index (Phi) is 3.60. The molecule has 21 heavy (non-hydrogen) atoms. The van der Waals surface area contributed by atoms with Crippen LogP contribution in [-0.2, 0) is 11.3 Å². The molecule has 0 saturated carbocycles. The van der Waals surface area contributed by atoms with Gasteiger partial charge in [0.1, 0.15) is 0 Å². The third kappa shape index (κ3) is 2.74. The highest BCUT2D eigenvalue weighted by atomic mass is 35.5. The molecule has 1 aliphatic rings. The van der Waals surface area contributed by atoms with Crippen molar-refractivity contribution < 1.29 is 4.79 Å². The highest BCUT2D eigenvalue weighted by molar-refractivity contribution is 6.30. The van der Waals surface area contributed by atoms with Crippen molar-refractivity contribution in [2.24, 2.45) is 0 Å². The van der Waals surface area contributed by atoms with E-state index in [4.69, 9.17) is 11.6 Å². The normalized spacial score (nSPS) is 13.9. The van der Waals surface area contributed by atoms with Gasteiger partial charge in [0, 0.05) is 5.02 Å². The first-order chi connectivity index (χ1) is 10.0. The predicted molar refractivity (Wildman–Crippen MR) is 87.0 cm³/mol. The van der Waals surface area contributed by atoms with Gasteiger partial charge in [0.25, 0.3) is 0 Å². The molecule has 4 heteroatoms. The number of amides is 1. The van der Waals surface area contributed by atoms with Crippen LogP contribution < -0.4 is 10.2 Å². The molecule has 0 radical (unpaired) electrons. The lowest BCUT2D eigenvalue weighted by atomic mass is 10.0. The van der Waals surface area contributed by atoms with Crippen molar-refractivity contribution >= 4 is 28.9 Å². The smallest absolute Gasteiger partial charge is 0.246 e. The van der Waals surface area contributed by atoms with Crippen LogP contribution in [0.3, 0.4) is 0 Å². The molecule has 1 N–H and O–H groups in total. The van der Waals surface area contributed by atoms with Crippen LogP contribution in [0.1, 0.15) is 16.7 Å². The van der Waals surface area contributed by atoms with E-state index in [1.807, 2.05) is 29.2 Å². The first kappa shape index (κ1) is 14.0. The zero-order valence-corrected chi connectivity index (χ0v) is 12.9. The van der Waals surface area contributed by atoms with Crippen LogP contribution in [0.15, 0.2) is 36.4 Å². The summed E-state index contributed by atoms with van der Waals surface area (Å²) < 4.78 is 0. The van der Waals surface area contributed by atoms with E-state index in [0.29, 0.717) is 18.1 Å². The van der Waals surface area contributed by atoms with Crippen molar-refractivity contribution in [3.8, 4) is 0 Å². The predicted octanol–water partition coefficient (Wildman–Crippen LogP) is 3.92. The average molecular weight is 301 g/mol. The lowest BCUT2D eigenvalue weighted by molar-refractivity contribution is -0.117. The van der Waals surface area contributed by atoms with E-state index >= 15 is 0 Å². The SMILES string of the molecule is Cc1cc2c(cc1C)N(Cc1ccc(Cl)cc1)C(=O)CN2. The van der Waals surface area contributed by atoms with E-state index in [2.05, 4.69) is 31.3 Å². The number of benzene rings is 2. The molecule has 0 spiro atoms. The van der Waals surface area contributed by atoms with Gasteiger partial charge in [-0.2, -0.15) is 0 Å². The number of hydrogen-bond donors (Lipinski definition) is 1. The zero-order valence-electron chi connectivity index (χ0n) is 12.1. The summed E-state index contributed by atoms with van der Waals surface area (Å²) in [6.07, 6.45) is 0. The van der Waals surface area contributed by atoms with Crippen molar-refractivity contribution in [3.63, 3.8) is 0 Å². The monoisotopic (exact) mass is 300 g/mol. The van der Waals surface area contributed by atoms with Gasteiger partial charge in [-0.3, -0.25) is 4.79 Å². The highest BCUT2D eigenvalue weighted by Gasteiger charge is 2.24. The van der Waals surface area contributed by atoms with E-state index in [9.17, 15) is 4.79 Å². The fourth-order valence-electron chi connectivity index (χ4n) is 2.51. The first-order valence-electron chi connectivity index (χ1n) is 6.94. The van der Waals surface area contributed by atoms with Crippen molar-refractivity contribution in [1.82, 2.24) is 0 Å². The Bertz CT molecular complexity index is 695. The van der Waals surface area contributed by atoms with Crippen molar-refractivity contribution in [1.29, 1.82) is 0 Å². The summed E-state index contributed by atoms with van der Waals surface area (Å²) in [7, 11) is 0. The van der Waals surface area contributed by atoms with Gasteiger partial charge in [-0.1, -0.05) is 23.7 Å². The van der Waals surface area contributed by atoms with Crippen molar-refractivity contribution in [3.05, 3.63) is 58.1 Å². The lowest BCUT2D eigenvalue weighted by Crippen LogP contribution is -2.39. The third-order valence-electron chi connectivity index (χ3n) is 3.89. The van der Waals surface area contributed by atoms with E-state index in [-0.39, 0.29) is 5.91 Å². The summed E-state index contributed by atoms with van der Waals surface area (Å²) in [5, 5.41) is 3.90. The Labute approximate surface area is 129 Å². The quantitative estimate of drug-likeness (QED) is 0.912. The minimum Gasteiger partial charge on any atom is -0.374 e. The molecule has 0 atom stereocenters. The maximum Gasteiger partial charge on any atom is 0.246 e. The first-order valence-corrected chi connectivity index (χ1v) is 7.32. The highest BCUT2D eigenvalue weighted by Crippen LogP contribution is 2.33. The number of carbonyl (C=O) groups is 1. The van der Waals surface area contributed by atoms with Gasteiger partial charge in [0.2, 0.25) is 5.91 Å². The largest absolute Gasteiger partial charge is 0.374 e. The summed E-state index contributed by atoms with van der Waals surface area (Å²) in [5.74, 6) is 0.0840.